The Morgan fingerprint density at radius 1 is 1.57 bits per heavy atom. The standard InChI is InChI=1S/C10H8BrNO2/c11-9-6-8(10(13)14)4-3-7(9)2-1-5-12/h3-4,6H,1-2H2,(H,13,14). The third-order valence-corrected chi connectivity index (χ3v) is 2.54. The second-order valence-corrected chi connectivity index (χ2v) is 3.62. The minimum Gasteiger partial charge on any atom is -0.478 e. The number of aryl methyl sites for hydroxylation is 1. The van der Waals surface area contributed by atoms with Gasteiger partial charge in [-0.25, -0.2) is 4.79 Å². The lowest BCUT2D eigenvalue weighted by Gasteiger charge is -2.02. The Hall–Kier alpha value is -1.34. The van der Waals surface area contributed by atoms with Gasteiger partial charge in [-0.1, -0.05) is 22.0 Å². The van der Waals surface area contributed by atoms with E-state index in [1.165, 1.54) is 0 Å². The molecule has 1 aromatic carbocycles. The summed E-state index contributed by atoms with van der Waals surface area (Å²) in [5.74, 6) is -0.947. The summed E-state index contributed by atoms with van der Waals surface area (Å²) in [4.78, 5) is 10.6. The van der Waals surface area contributed by atoms with Crippen LogP contribution in [0.15, 0.2) is 22.7 Å². The van der Waals surface area contributed by atoms with Gasteiger partial charge in [-0.3, -0.25) is 0 Å². The molecule has 0 fully saturated rings. The van der Waals surface area contributed by atoms with E-state index in [1.807, 2.05) is 6.07 Å². The van der Waals surface area contributed by atoms with Gasteiger partial charge in [0.15, 0.2) is 0 Å². The number of hydrogen-bond acceptors (Lipinski definition) is 2. The lowest BCUT2D eigenvalue weighted by atomic mass is 10.1. The van der Waals surface area contributed by atoms with Crippen molar-refractivity contribution >= 4 is 21.9 Å². The van der Waals surface area contributed by atoms with E-state index in [4.69, 9.17) is 10.4 Å². The second kappa shape index (κ2) is 4.77. The van der Waals surface area contributed by atoms with Crippen LogP contribution in [-0.2, 0) is 6.42 Å². The number of rotatable bonds is 3. The van der Waals surface area contributed by atoms with E-state index in [0.29, 0.717) is 12.8 Å². The number of nitriles is 1. The van der Waals surface area contributed by atoms with E-state index in [-0.39, 0.29) is 5.56 Å². The molecule has 0 aliphatic carbocycles. The van der Waals surface area contributed by atoms with E-state index in [0.717, 1.165) is 10.0 Å². The molecule has 4 heteroatoms. The molecule has 14 heavy (non-hydrogen) atoms. The Morgan fingerprint density at radius 3 is 2.79 bits per heavy atom. The maximum absolute atomic E-state index is 10.6. The van der Waals surface area contributed by atoms with Crippen LogP contribution in [0.5, 0.6) is 0 Å². The molecule has 0 saturated heterocycles. The summed E-state index contributed by atoms with van der Waals surface area (Å²) >= 11 is 3.27. The molecule has 0 aromatic heterocycles. The van der Waals surface area contributed by atoms with Crippen molar-refractivity contribution in [3.8, 4) is 6.07 Å². The third-order valence-electron chi connectivity index (χ3n) is 1.81. The molecule has 0 unspecified atom stereocenters. The van der Waals surface area contributed by atoms with Gasteiger partial charge in [0.2, 0.25) is 0 Å². The smallest absolute Gasteiger partial charge is 0.335 e. The van der Waals surface area contributed by atoms with Gasteiger partial charge in [-0.2, -0.15) is 5.26 Å². The van der Waals surface area contributed by atoms with Crippen LogP contribution in [0.3, 0.4) is 0 Å². The Labute approximate surface area is 90.1 Å². The number of nitrogens with zero attached hydrogens (tertiary/aromatic N) is 1. The van der Waals surface area contributed by atoms with Crippen LogP contribution in [0.4, 0.5) is 0 Å². The van der Waals surface area contributed by atoms with Crippen molar-refractivity contribution in [1.29, 1.82) is 5.26 Å². The molecular formula is C10H8BrNO2. The first kappa shape index (κ1) is 10.7. The lowest BCUT2D eigenvalue weighted by molar-refractivity contribution is 0.0697. The van der Waals surface area contributed by atoms with Crippen molar-refractivity contribution < 1.29 is 9.90 Å². The summed E-state index contributed by atoms with van der Waals surface area (Å²) < 4.78 is 0.743. The minimum atomic E-state index is -0.947. The van der Waals surface area contributed by atoms with Gasteiger partial charge in [0, 0.05) is 10.9 Å². The fourth-order valence-electron chi connectivity index (χ4n) is 1.07. The molecule has 72 valence electrons. The van der Waals surface area contributed by atoms with Gasteiger partial charge in [0.25, 0.3) is 0 Å². The van der Waals surface area contributed by atoms with Crippen LogP contribution in [0, 0.1) is 11.3 Å². The average Bonchev–Trinajstić information content (AvgIpc) is 2.15. The van der Waals surface area contributed by atoms with Gasteiger partial charge in [-0.15, -0.1) is 0 Å². The highest BCUT2D eigenvalue weighted by molar-refractivity contribution is 9.10. The second-order valence-electron chi connectivity index (χ2n) is 2.77. The Bertz CT molecular complexity index is 396. The van der Waals surface area contributed by atoms with Crippen LogP contribution in [0.2, 0.25) is 0 Å². The lowest BCUT2D eigenvalue weighted by Crippen LogP contribution is -1.97. The molecule has 0 radical (unpaired) electrons. The summed E-state index contributed by atoms with van der Waals surface area (Å²) in [6.45, 7) is 0. The average molecular weight is 254 g/mol. The molecule has 3 nitrogen and oxygen atoms in total. The predicted octanol–water partition coefficient (Wildman–Crippen LogP) is 2.60. The molecule has 1 rings (SSSR count). The molecule has 0 saturated carbocycles. The normalized spacial score (nSPS) is 9.43. The highest BCUT2D eigenvalue weighted by Crippen LogP contribution is 2.19. The number of halogens is 1. The van der Waals surface area contributed by atoms with Crippen molar-refractivity contribution in [2.75, 3.05) is 0 Å². The Kier molecular flexibility index (Phi) is 3.66. The minimum absolute atomic E-state index is 0.248. The molecule has 0 aliphatic heterocycles. The number of carboxylic acids is 1. The van der Waals surface area contributed by atoms with E-state index < -0.39 is 5.97 Å². The number of carboxylic acid groups (broad SMARTS) is 1. The molecule has 0 atom stereocenters. The molecule has 0 bridgehead atoms. The topological polar surface area (TPSA) is 61.1 Å². The molecule has 0 amide bonds. The molecule has 1 aromatic rings. The molecule has 1 N–H and O–H groups in total. The molecule has 0 heterocycles. The zero-order valence-electron chi connectivity index (χ0n) is 7.33. The van der Waals surface area contributed by atoms with Crippen LogP contribution in [0.1, 0.15) is 22.3 Å². The molecular weight excluding hydrogens is 246 g/mol. The van der Waals surface area contributed by atoms with E-state index in [9.17, 15) is 4.79 Å². The molecule has 0 spiro atoms. The quantitative estimate of drug-likeness (QED) is 0.901. The fourth-order valence-corrected chi connectivity index (χ4v) is 1.65. The number of aromatic carboxylic acids is 1. The number of benzene rings is 1. The maximum Gasteiger partial charge on any atom is 0.335 e. The first-order valence-electron chi connectivity index (χ1n) is 4.04. The highest BCUT2D eigenvalue weighted by atomic mass is 79.9. The Morgan fingerprint density at radius 2 is 2.29 bits per heavy atom. The summed E-state index contributed by atoms with van der Waals surface area (Å²) in [5, 5.41) is 17.1. The fraction of sp³-hybridized carbons (Fsp3) is 0.200. The predicted molar refractivity (Wildman–Crippen MR) is 55.0 cm³/mol. The van der Waals surface area contributed by atoms with E-state index >= 15 is 0 Å². The number of hydrogen-bond donors (Lipinski definition) is 1. The van der Waals surface area contributed by atoms with Crippen LogP contribution in [-0.4, -0.2) is 11.1 Å². The SMILES string of the molecule is N#CCCc1ccc(C(=O)O)cc1Br. The van der Waals surface area contributed by atoms with Gasteiger partial charge in [0.1, 0.15) is 0 Å². The van der Waals surface area contributed by atoms with Gasteiger partial charge < -0.3 is 5.11 Å². The summed E-state index contributed by atoms with van der Waals surface area (Å²) in [5.41, 5.74) is 1.20. The van der Waals surface area contributed by atoms with Crippen LogP contribution in [0.25, 0.3) is 0 Å². The first-order chi connectivity index (χ1) is 6.65. The zero-order chi connectivity index (χ0) is 10.6. The summed E-state index contributed by atoms with van der Waals surface area (Å²) in [6, 6.07) is 6.86. The van der Waals surface area contributed by atoms with Crippen molar-refractivity contribution in [1.82, 2.24) is 0 Å². The van der Waals surface area contributed by atoms with Crippen LogP contribution >= 0.6 is 15.9 Å². The highest BCUT2D eigenvalue weighted by Gasteiger charge is 2.05. The van der Waals surface area contributed by atoms with Crippen molar-refractivity contribution in [3.63, 3.8) is 0 Å². The zero-order valence-corrected chi connectivity index (χ0v) is 8.91. The van der Waals surface area contributed by atoms with E-state index in [2.05, 4.69) is 15.9 Å². The van der Waals surface area contributed by atoms with Crippen molar-refractivity contribution in [2.45, 2.75) is 12.8 Å². The van der Waals surface area contributed by atoms with E-state index in [1.54, 1.807) is 18.2 Å². The summed E-state index contributed by atoms with van der Waals surface area (Å²) in [6.07, 6.45) is 1.07. The van der Waals surface area contributed by atoms with Crippen molar-refractivity contribution in [3.05, 3.63) is 33.8 Å². The largest absolute Gasteiger partial charge is 0.478 e. The maximum atomic E-state index is 10.6. The van der Waals surface area contributed by atoms with Gasteiger partial charge in [0.05, 0.1) is 11.6 Å². The monoisotopic (exact) mass is 253 g/mol. The third kappa shape index (κ3) is 2.57. The van der Waals surface area contributed by atoms with Crippen molar-refractivity contribution in [2.24, 2.45) is 0 Å². The Balaban J connectivity index is 2.91. The van der Waals surface area contributed by atoms with Crippen LogP contribution < -0.4 is 0 Å². The number of carbonyl (C=O) groups is 1. The first-order valence-corrected chi connectivity index (χ1v) is 4.83. The molecule has 0 aliphatic rings. The van der Waals surface area contributed by atoms with Gasteiger partial charge >= 0.3 is 5.97 Å². The summed E-state index contributed by atoms with van der Waals surface area (Å²) in [7, 11) is 0. The van der Waals surface area contributed by atoms with Gasteiger partial charge in [-0.05, 0) is 24.1 Å².